The number of anilines is 3. The van der Waals surface area contributed by atoms with Crippen molar-refractivity contribution < 1.29 is 4.79 Å². The maximum Gasteiger partial charge on any atom is 0.255 e. The van der Waals surface area contributed by atoms with Gasteiger partial charge >= 0.3 is 0 Å². The summed E-state index contributed by atoms with van der Waals surface area (Å²) in [6.45, 7) is 7.84. The van der Waals surface area contributed by atoms with Crippen LogP contribution in [0.15, 0.2) is 85.2 Å². The predicted molar refractivity (Wildman–Crippen MR) is 150 cm³/mol. The number of aromatic nitrogens is 3. The molecular weight excluding hydrogens is 474 g/mol. The highest BCUT2D eigenvalue weighted by Crippen LogP contribution is 2.30. The smallest absolute Gasteiger partial charge is 0.255 e. The van der Waals surface area contributed by atoms with Gasteiger partial charge in [-0.05, 0) is 54.9 Å². The van der Waals surface area contributed by atoms with Crippen molar-refractivity contribution in [3.63, 3.8) is 0 Å². The van der Waals surface area contributed by atoms with Crippen LogP contribution in [0.5, 0.6) is 0 Å². The van der Waals surface area contributed by atoms with Crippen LogP contribution in [0.2, 0.25) is 0 Å². The van der Waals surface area contributed by atoms with Crippen LogP contribution in [0.3, 0.4) is 0 Å². The largest absolute Gasteiger partial charge is 0.322 e. The molecule has 0 spiro atoms. The molecule has 5 rings (SSSR count). The van der Waals surface area contributed by atoms with E-state index in [2.05, 4.69) is 61.6 Å². The van der Waals surface area contributed by atoms with Gasteiger partial charge in [0.05, 0.1) is 18.9 Å². The molecule has 1 fully saturated rings. The van der Waals surface area contributed by atoms with Gasteiger partial charge in [-0.2, -0.15) is 5.10 Å². The molecule has 3 aromatic carbocycles. The first-order valence-corrected chi connectivity index (χ1v) is 12.9. The molecule has 194 valence electrons. The molecule has 1 amide bonds. The van der Waals surface area contributed by atoms with Gasteiger partial charge in [0.2, 0.25) is 5.95 Å². The van der Waals surface area contributed by atoms with Crippen LogP contribution in [-0.4, -0.2) is 64.1 Å². The number of benzene rings is 3. The fraction of sp³-hybridized carbons (Fsp3) is 0.267. The van der Waals surface area contributed by atoms with Crippen LogP contribution in [0.4, 0.5) is 17.3 Å². The van der Waals surface area contributed by atoms with Crippen LogP contribution in [0.1, 0.15) is 27.0 Å². The number of likely N-dealkylation sites (N-methyl/N-ethyl adjacent to an activating group) is 1. The normalized spacial score (nSPS) is 14.3. The van der Waals surface area contributed by atoms with E-state index in [0.717, 1.165) is 49.5 Å². The first-order valence-electron chi connectivity index (χ1n) is 12.9. The van der Waals surface area contributed by atoms with Gasteiger partial charge < -0.3 is 15.1 Å². The van der Waals surface area contributed by atoms with Crippen molar-refractivity contribution in [3.8, 4) is 0 Å². The second kappa shape index (κ2) is 11.9. The zero-order valence-electron chi connectivity index (χ0n) is 21.9. The van der Waals surface area contributed by atoms with E-state index >= 15 is 0 Å². The number of carbonyl (C=O) groups excluding carboxylic acids is 1. The van der Waals surface area contributed by atoms with Crippen LogP contribution in [0, 0.1) is 6.92 Å². The number of nitrogens with zero attached hydrogens (tertiary/aromatic N) is 6. The molecule has 0 saturated carbocycles. The minimum Gasteiger partial charge on any atom is -0.322 e. The Morgan fingerprint density at radius 1 is 0.921 bits per heavy atom. The molecule has 1 saturated heterocycles. The molecule has 1 aromatic heterocycles. The molecule has 4 aromatic rings. The third kappa shape index (κ3) is 6.40. The van der Waals surface area contributed by atoms with E-state index in [1.54, 1.807) is 12.4 Å². The minimum absolute atomic E-state index is 0.141. The predicted octanol–water partition coefficient (Wildman–Crippen LogP) is 4.52. The summed E-state index contributed by atoms with van der Waals surface area (Å²) in [7, 11) is 2.16. The SMILES string of the molecule is Cc1ccc(NC(=O)c2ccc(CN3CCN(C)CC3)cc2)cc1N(Cc1ccccc1)c1nccnn1. The van der Waals surface area contributed by atoms with Gasteiger partial charge in [0, 0.05) is 49.7 Å². The lowest BCUT2D eigenvalue weighted by Crippen LogP contribution is -2.43. The summed E-state index contributed by atoms with van der Waals surface area (Å²) in [5, 5.41) is 11.4. The molecule has 0 unspecified atom stereocenters. The monoisotopic (exact) mass is 507 g/mol. The van der Waals surface area contributed by atoms with Gasteiger partial charge in [-0.3, -0.25) is 9.69 Å². The van der Waals surface area contributed by atoms with Gasteiger partial charge in [-0.15, -0.1) is 5.10 Å². The zero-order valence-corrected chi connectivity index (χ0v) is 21.9. The first kappa shape index (κ1) is 25.5. The van der Waals surface area contributed by atoms with E-state index in [1.165, 1.54) is 5.56 Å². The molecule has 2 heterocycles. The molecule has 38 heavy (non-hydrogen) atoms. The Morgan fingerprint density at radius 3 is 2.39 bits per heavy atom. The number of aryl methyl sites for hydroxylation is 1. The van der Waals surface area contributed by atoms with E-state index in [9.17, 15) is 4.79 Å². The third-order valence-electron chi connectivity index (χ3n) is 6.87. The molecule has 8 heteroatoms. The summed E-state index contributed by atoms with van der Waals surface area (Å²) in [6.07, 6.45) is 3.19. The maximum atomic E-state index is 13.1. The van der Waals surface area contributed by atoms with Crippen molar-refractivity contribution in [2.75, 3.05) is 43.4 Å². The Kier molecular flexibility index (Phi) is 8.01. The average Bonchev–Trinajstić information content (AvgIpc) is 2.95. The Bertz CT molecular complexity index is 1340. The van der Waals surface area contributed by atoms with Gasteiger partial charge in [0.1, 0.15) is 0 Å². The number of amides is 1. The van der Waals surface area contributed by atoms with Crippen molar-refractivity contribution in [1.29, 1.82) is 0 Å². The molecule has 0 atom stereocenters. The maximum absolute atomic E-state index is 13.1. The highest BCUT2D eigenvalue weighted by molar-refractivity contribution is 6.04. The molecule has 8 nitrogen and oxygen atoms in total. The van der Waals surface area contributed by atoms with Crippen molar-refractivity contribution in [2.24, 2.45) is 0 Å². The summed E-state index contributed by atoms with van der Waals surface area (Å²) in [5.41, 5.74) is 5.62. The lowest BCUT2D eigenvalue weighted by molar-refractivity contribution is 0.102. The van der Waals surface area contributed by atoms with Crippen LogP contribution < -0.4 is 10.2 Å². The summed E-state index contributed by atoms with van der Waals surface area (Å²) in [6, 6.07) is 23.9. The molecule has 0 aliphatic carbocycles. The Balaban J connectivity index is 1.31. The quantitative estimate of drug-likeness (QED) is 0.376. The fourth-order valence-electron chi connectivity index (χ4n) is 4.60. The molecular formula is C30H33N7O. The van der Waals surface area contributed by atoms with Crippen molar-refractivity contribution in [2.45, 2.75) is 20.0 Å². The number of hydrogen-bond acceptors (Lipinski definition) is 7. The van der Waals surface area contributed by atoms with Gasteiger partial charge in [-0.25, -0.2) is 4.98 Å². The van der Waals surface area contributed by atoms with Crippen molar-refractivity contribution in [1.82, 2.24) is 25.0 Å². The van der Waals surface area contributed by atoms with E-state index < -0.39 is 0 Å². The third-order valence-corrected chi connectivity index (χ3v) is 6.87. The first-order chi connectivity index (χ1) is 18.5. The molecule has 0 radical (unpaired) electrons. The molecule has 1 aliphatic rings. The number of hydrogen-bond donors (Lipinski definition) is 1. The number of piperazine rings is 1. The fourth-order valence-corrected chi connectivity index (χ4v) is 4.60. The van der Waals surface area contributed by atoms with Crippen molar-refractivity contribution in [3.05, 3.63) is 107 Å². The van der Waals surface area contributed by atoms with Gasteiger partial charge in [-0.1, -0.05) is 48.5 Å². The van der Waals surface area contributed by atoms with Crippen molar-refractivity contribution >= 4 is 23.2 Å². The van der Waals surface area contributed by atoms with E-state index in [1.807, 2.05) is 60.4 Å². The number of carbonyl (C=O) groups is 1. The van der Waals surface area contributed by atoms with Crippen LogP contribution in [-0.2, 0) is 13.1 Å². The Labute approximate surface area is 223 Å². The van der Waals surface area contributed by atoms with E-state index in [4.69, 9.17) is 0 Å². The summed E-state index contributed by atoms with van der Waals surface area (Å²) < 4.78 is 0. The molecule has 1 N–H and O–H groups in total. The topological polar surface area (TPSA) is 77.5 Å². The summed E-state index contributed by atoms with van der Waals surface area (Å²) in [5.74, 6) is 0.358. The molecule has 0 bridgehead atoms. The van der Waals surface area contributed by atoms with Crippen LogP contribution in [0.25, 0.3) is 0 Å². The van der Waals surface area contributed by atoms with E-state index in [-0.39, 0.29) is 5.91 Å². The standard InChI is InChI=1S/C30H33N7O/c1-23-8-13-27(20-28(23)37(30-31-14-15-32-34-30)22-24-6-4-3-5-7-24)33-29(38)26-11-9-25(10-12-26)21-36-18-16-35(2)17-19-36/h3-15,20H,16-19,21-22H2,1-2H3,(H,33,38). The highest BCUT2D eigenvalue weighted by Gasteiger charge is 2.18. The number of rotatable bonds is 8. The lowest BCUT2D eigenvalue weighted by Gasteiger charge is -2.32. The van der Waals surface area contributed by atoms with Gasteiger partial charge in [0.25, 0.3) is 5.91 Å². The minimum atomic E-state index is -0.141. The van der Waals surface area contributed by atoms with E-state index in [0.29, 0.717) is 23.7 Å². The Hall–Kier alpha value is -4.14. The Morgan fingerprint density at radius 2 is 1.68 bits per heavy atom. The van der Waals surface area contributed by atoms with Crippen LogP contribution >= 0.6 is 0 Å². The summed E-state index contributed by atoms with van der Waals surface area (Å²) >= 11 is 0. The highest BCUT2D eigenvalue weighted by atomic mass is 16.1. The van der Waals surface area contributed by atoms with Gasteiger partial charge in [0.15, 0.2) is 0 Å². The molecule has 1 aliphatic heterocycles. The average molecular weight is 508 g/mol. The number of nitrogens with one attached hydrogen (secondary N) is 1. The zero-order chi connectivity index (χ0) is 26.3. The second-order valence-electron chi connectivity index (χ2n) is 9.75. The summed E-state index contributed by atoms with van der Waals surface area (Å²) in [4.78, 5) is 24.4. The lowest BCUT2D eigenvalue weighted by atomic mass is 10.1. The second-order valence-corrected chi connectivity index (χ2v) is 9.75.